The summed E-state index contributed by atoms with van der Waals surface area (Å²) in [5, 5.41) is 15.2. The summed E-state index contributed by atoms with van der Waals surface area (Å²) in [6.07, 6.45) is 7.58. The van der Waals surface area contributed by atoms with Gasteiger partial charge in [-0.2, -0.15) is 0 Å². The van der Waals surface area contributed by atoms with Crippen molar-refractivity contribution in [3.8, 4) is 0 Å². The highest BCUT2D eigenvalue weighted by molar-refractivity contribution is 7.10. The number of carbonyl (C=O) groups excluding carboxylic acids is 1. The van der Waals surface area contributed by atoms with E-state index in [2.05, 4.69) is 5.32 Å². The molecule has 4 heteroatoms. The minimum atomic E-state index is -0.448. The van der Waals surface area contributed by atoms with E-state index in [0.717, 1.165) is 41.9 Å². The molecule has 0 spiro atoms. The smallest absolute Gasteiger partial charge is 0.226 e. The average Bonchev–Trinajstić information content (AvgIpc) is 2.99. The van der Waals surface area contributed by atoms with Gasteiger partial charge in [0.05, 0.1) is 6.10 Å². The Kier molecular flexibility index (Phi) is 3.77. The maximum atomic E-state index is 12.8. The molecule has 4 bridgehead atoms. The van der Waals surface area contributed by atoms with Crippen molar-refractivity contribution in [3.63, 3.8) is 0 Å². The lowest BCUT2D eigenvalue weighted by molar-refractivity contribution is -0.146. The van der Waals surface area contributed by atoms with E-state index in [-0.39, 0.29) is 11.3 Å². The molecule has 22 heavy (non-hydrogen) atoms. The lowest BCUT2D eigenvalue weighted by atomic mass is 9.49. The van der Waals surface area contributed by atoms with Crippen molar-refractivity contribution >= 4 is 17.2 Å². The van der Waals surface area contributed by atoms with E-state index in [1.54, 1.807) is 11.3 Å². The van der Waals surface area contributed by atoms with Crippen LogP contribution >= 0.6 is 11.3 Å². The van der Waals surface area contributed by atoms with Crippen LogP contribution in [0.2, 0.25) is 0 Å². The van der Waals surface area contributed by atoms with Crippen molar-refractivity contribution in [1.29, 1.82) is 0 Å². The van der Waals surface area contributed by atoms with Crippen LogP contribution in [0.15, 0.2) is 17.5 Å². The molecule has 1 aromatic heterocycles. The summed E-state index contributed by atoms with van der Waals surface area (Å²) in [6.45, 7) is 0.583. The zero-order valence-electron chi connectivity index (χ0n) is 13.0. The van der Waals surface area contributed by atoms with Gasteiger partial charge < -0.3 is 10.4 Å². The summed E-state index contributed by atoms with van der Waals surface area (Å²) in [5.74, 6) is 2.67. The van der Waals surface area contributed by atoms with Crippen molar-refractivity contribution < 1.29 is 9.90 Å². The molecule has 1 aromatic rings. The summed E-state index contributed by atoms with van der Waals surface area (Å²) in [5.41, 5.74) is -0.0668. The Labute approximate surface area is 136 Å². The molecular formula is C18H25NO2S. The number of carbonyl (C=O) groups is 1. The van der Waals surface area contributed by atoms with Crippen LogP contribution in [0.25, 0.3) is 0 Å². The predicted molar refractivity (Wildman–Crippen MR) is 87.5 cm³/mol. The second-order valence-electron chi connectivity index (χ2n) is 7.77. The normalized spacial score (nSPS) is 37.2. The first kappa shape index (κ1) is 14.7. The van der Waals surface area contributed by atoms with E-state index < -0.39 is 6.10 Å². The Morgan fingerprint density at radius 3 is 2.45 bits per heavy atom. The molecule has 2 N–H and O–H groups in total. The zero-order valence-corrected chi connectivity index (χ0v) is 13.8. The number of nitrogens with one attached hydrogen (secondary N) is 1. The minimum absolute atomic E-state index is 0.0668. The first-order valence-corrected chi connectivity index (χ1v) is 9.52. The predicted octanol–water partition coefficient (Wildman–Crippen LogP) is 3.50. The van der Waals surface area contributed by atoms with Crippen LogP contribution in [0.5, 0.6) is 0 Å². The maximum Gasteiger partial charge on any atom is 0.226 e. The third-order valence-corrected chi connectivity index (χ3v) is 7.07. The van der Waals surface area contributed by atoms with Gasteiger partial charge in [-0.3, -0.25) is 4.79 Å². The molecule has 1 atom stereocenters. The minimum Gasteiger partial charge on any atom is -0.388 e. The van der Waals surface area contributed by atoms with Crippen LogP contribution in [0.1, 0.15) is 55.9 Å². The molecule has 0 saturated heterocycles. The van der Waals surface area contributed by atoms with E-state index in [1.807, 2.05) is 17.5 Å². The Bertz CT molecular complexity index is 504. The van der Waals surface area contributed by atoms with Gasteiger partial charge in [0.25, 0.3) is 0 Å². The molecule has 1 heterocycles. The van der Waals surface area contributed by atoms with Crippen LogP contribution in [0.3, 0.4) is 0 Å². The number of rotatable bonds is 5. The lowest BCUT2D eigenvalue weighted by Crippen LogP contribution is -2.53. The number of amides is 1. The topological polar surface area (TPSA) is 49.3 Å². The Balaban J connectivity index is 1.33. The number of hydrogen-bond donors (Lipinski definition) is 2. The average molecular weight is 319 g/mol. The zero-order chi connectivity index (χ0) is 15.2. The van der Waals surface area contributed by atoms with Gasteiger partial charge in [0, 0.05) is 16.8 Å². The molecular weight excluding hydrogens is 294 g/mol. The Morgan fingerprint density at radius 2 is 1.91 bits per heavy atom. The molecule has 3 nitrogen and oxygen atoms in total. The first-order chi connectivity index (χ1) is 10.6. The third kappa shape index (κ3) is 2.61. The largest absolute Gasteiger partial charge is 0.388 e. The molecule has 4 aliphatic carbocycles. The van der Waals surface area contributed by atoms with Crippen molar-refractivity contribution in [2.45, 2.75) is 51.0 Å². The van der Waals surface area contributed by atoms with E-state index in [1.165, 1.54) is 19.3 Å². The quantitative estimate of drug-likeness (QED) is 0.872. The standard InChI is InChI=1S/C18H25NO2S/c20-15(16-2-1-5-22-16)3-4-19-17(21)18-9-12-6-13(10-18)8-14(7-12)11-18/h1-2,5,12-15,20H,3-4,6-11H2,(H,19,21). The van der Waals surface area contributed by atoms with Crippen molar-refractivity contribution in [3.05, 3.63) is 22.4 Å². The van der Waals surface area contributed by atoms with Gasteiger partial charge in [0.1, 0.15) is 0 Å². The summed E-state index contributed by atoms with van der Waals surface area (Å²) in [4.78, 5) is 13.8. The second-order valence-corrected chi connectivity index (χ2v) is 8.75. The van der Waals surface area contributed by atoms with Gasteiger partial charge in [0.2, 0.25) is 5.91 Å². The summed E-state index contributed by atoms with van der Waals surface area (Å²) in [7, 11) is 0. The van der Waals surface area contributed by atoms with E-state index in [0.29, 0.717) is 13.0 Å². The summed E-state index contributed by atoms with van der Waals surface area (Å²) in [6, 6.07) is 3.91. The van der Waals surface area contributed by atoms with Crippen LogP contribution in [-0.4, -0.2) is 17.6 Å². The molecule has 4 aliphatic rings. The Hall–Kier alpha value is -0.870. The Morgan fingerprint density at radius 1 is 1.27 bits per heavy atom. The summed E-state index contributed by atoms with van der Waals surface area (Å²) < 4.78 is 0. The van der Waals surface area contributed by atoms with Gasteiger partial charge >= 0.3 is 0 Å². The van der Waals surface area contributed by atoms with Crippen LogP contribution in [-0.2, 0) is 4.79 Å². The van der Waals surface area contributed by atoms with E-state index >= 15 is 0 Å². The molecule has 0 radical (unpaired) electrons. The van der Waals surface area contributed by atoms with Crippen LogP contribution < -0.4 is 5.32 Å². The fraction of sp³-hybridized carbons (Fsp3) is 0.722. The molecule has 5 rings (SSSR count). The molecule has 4 saturated carbocycles. The number of aliphatic hydroxyl groups excluding tert-OH is 1. The van der Waals surface area contributed by atoms with Gasteiger partial charge in [-0.05, 0) is 74.1 Å². The fourth-order valence-electron chi connectivity index (χ4n) is 5.52. The molecule has 120 valence electrons. The molecule has 0 aliphatic heterocycles. The monoisotopic (exact) mass is 319 g/mol. The maximum absolute atomic E-state index is 12.8. The van der Waals surface area contributed by atoms with Crippen LogP contribution in [0, 0.1) is 23.2 Å². The SMILES string of the molecule is O=C(NCCC(O)c1cccs1)C12CC3CC(CC(C3)C1)C2. The molecule has 4 fully saturated rings. The van der Waals surface area contributed by atoms with Gasteiger partial charge in [0.15, 0.2) is 0 Å². The van der Waals surface area contributed by atoms with E-state index in [4.69, 9.17) is 0 Å². The second kappa shape index (κ2) is 5.64. The van der Waals surface area contributed by atoms with Gasteiger partial charge in [-0.1, -0.05) is 6.07 Å². The first-order valence-electron chi connectivity index (χ1n) is 8.64. The van der Waals surface area contributed by atoms with Crippen molar-refractivity contribution in [1.82, 2.24) is 5.32 Å². The number of aliphatic hydroxyl groups is 1. The summed E-state index contributed by atoms with van der Waals surface area (Å²) >= 11 is 1.57. The molecule has 1 amide bonds. The highest BCUT2D eigenvalue weighted by Crippen LogP contribution is 2.60. The molecule has 0 aromatic carbocycles. The number of hydrogen-bond acceptors (Lipinski definition) is 3. The number of thiophene rings is 1. The third-order valence-electron chi connectivity index (χ3n) is 6.09. The fourth-order valence-corrected chi connectivity index (χ4v) is 6.27. The van der Waals surface area contributed by atoms with E-state index in [9.17, 15) is 9.90 Å². The highest BCUT2D eigenvalue weighted by atomic mass is 32.1. The van der Waals surface area contributed by atoms with Gasteiger partial charge in [-0.15, -0.1) is 11.3 Å². The van der Waals surface area contributed by atoms with Crippen molar-refractivity contribution in [2.24, 2.45) is 23.2 Å². The molecule has 1 unspecified atom stereocenters. The highest BCUT2D eigenvalue weighted by Gasteiger charge is 2.54. The van der Waals surface area contributed by atoms with Gasteiger partial charge in [-0.25, -0.2) is 0 Å². The van der Waals surface area contributed by atoms with Crippen molar-refractivity contribution in [2.75, 3.05) is 6.54 Å². The van der Waals surface area contributed by atoms with Crippen LogP contribution in [0.4, 0.5) is 0 Å². The lowest BCUT2D eigenvalue weighted by Gasteiger charge is -2.55.